The van der Waals surface area contributed by atoms with E-state index in [2.05, 4.69) is 5.32 Å². The maximum absolute atomic E-state index is 12.9. The zero-order chi connectivity index (χ0) is 20.7. The Bertz CT molecular complexity index is 848. The summed E-state index contributed by atoms with van der Waals surface area (Å²) in [5.74, 6) is 0.401. The van der Waals surface area contributed by atoms with Gasteiger partial charge >= 0.3 is 0 Å². The predicted molar refractivity (Wildman–Crippen MR) is 118 cm³/mol. The number of thioether (sulfide) groups is 1. The van der Waals surface area contributed by atoms with Gasteiger partial charge in [0.15, 0.2) is 0 Å². The average molecular weight is 460 g/mol. The molecule has 2 aromatic rings. The van der Waals surface area contributed by atoms with E-state index < -0.39 is 6.04 Å². The van der Waals surface area contributed by atoms with E-state index >= 15 is 0 Å². The summed E-state index contributed by atoms with van der Waals surface area (Å²) in [6, 6.07) is 12.0. The van der Waals surface area contributed by atoms with E-state index in [1.165, 1.54) is 16.7 Å². The van der Waals surface area contributed by atoms with Gasteiger partial charge in [0.05, 0.1) is 5.75 Å². The van der Waals surface area contributed by atoms with Crippen LogP contribution >= 0.6 is 46.6 Å². The third-order valence-corrected chi connectivity index (χ3v) is 6.13. The zero-order valence-corrected chi connectivity index (χ0v) is 18.6. The van der Waals surface area contributed by atoms with Crippen molar-refractivity contribution in [1.82, 2.24) is 10.2 Å². The van der Waals surface area contributed by atoms with Crippen LogP contribution in [0.3, 0.4) is 0 Å². The highest BCUT2D eigenvalue weighted by atomic mass is 35.5. The van der Waals surface area contributed by atoms with Gasteiger partial charge < -0.3 is 10.2 Å². The molecule has 0 aliphatic rings. The van der Waals surface area contributed by atoms with E-state index in [9.17, 15) is 9.59 Å². The Morgan fingerprint density at radius 3 is 2.43 bits per heavy atom. The van der Waals surface area contributed by atoms with Crippen molar-refractivity contribution in [3.63, 3.8) is 0 Å². The summed E-state index contributed by atoms with van der Waals surface area (Å²) in [5, 5.41) is 4.29. The molecule has 0 spiro atoms. The fourth-order valence-corrected chi connectivity index (χ4v) is 4.24. The van der Waals surface area contributed by atoms with Crippen LogP contribution in [0.5, 0.6) is 0 Å². The van der Waals surface area contributed by atoms with Crippen LogP contribution < -0.4 is 5.32 Å². The number of hydrogen-bond donors (Lipinski definition) is 1. The number of nitrogens with zero attached hydrogens (tertiary/aromatic N) is 1. The number of rotatable bonds is 8. The second-order valence-corrected chi connectivity index (χ2v) is 8.37. The molecule has 2 aromatic carbocycles. The number of halogens is 3. The molecular weight excluding hydrogens is 439 g/mol. The van der Waals surface area contributed by atoms with Crippen LogP contribution in [-0.4, -0.2) is 35.6 Å². The Morgan fingerprint density at radius 1 is 1.07 bits per heavy atom. The van der Waals surface area contributed by atoms with Crippen LogP contribution in [0.15, 0.2) is 42.5 Å². The van der Waals surface area contributed by atoms with Gasteiger partial charge in [0.2, 0.25) is 11.8 Å². The average Bonchev–Trinajstić information content (AvgIpc) is 2.67. The van der Waals surface area contributed by atoms with Crippen molar-refractivity contribution in [1.29, 1.82) is 0 Å². The monoisotopic (exact) mass is 458 g/mol. The summed E-state index contributed by atoms with van der Waals surface area (Å²) in [7, 11) is 1.55. The SMILES string of the molecule is CNC(=O)C(C)N(Cc1ccccc1Cl)C(=O)CSCc1ccc(Cl)cc1Cl. The van der Waals surface area contributed by atoms with Gasteiger partial charge in [-0.25, -0.2) is 0 Å². The second kappa shape index (κ2) is 11.0. The van der Waals surface area contributed by atoms with Crippen LogP contribution in [-0.2, 0) is 21.9 Å². The molecule has 0 bridgehead atoms. The topological polar surface area (TPSA) is 49.4 Å². The highest BCUT2D eigenvalue weighted by Gasteiger charge is 2.25. The summed E-state index contributed by atoms with van der Waals surface area (Å²) >= 11 is 19.8. The van der Waals surface area contributed by atoms with Gasteiger partial charge in [-0.15, -0.1) is 11.8 Å². The molecule has 150 valence electrons. The lowest BCUT2D eigenvalue weighted by molar-refractivity contribution is -0.138. The van der Waals surface area contributed by atoms with Crippen molar-refractivity contribution in [2.24, 2.45) is 0 Å². The molecule has 0 aliphatic carbocycles. The molecule has 1 N–H and O–H groups in total. The Labute approximate surface area is 184 Å². The molecule has 0 radical (unpaired) electrons. The molecule has 2 rings (SSSR count). The largest absolute Gasteiger partial charge is 0.357 e. The number of carbonyl (C=O) groups is 2. The van der Waals surface area contributed by atoms with Crippen LogP contribution in [0.25, 0.3) is 0 Å². The van der Waals surface area contributed by atoms with Crippen LogP contribution in [0.1, 0.15) is 18.1 Å². The standard InChI is InChI=1S/C20H21Cl3N2O2S/c1-13(20(27)24-2)25(10-14-5-3-4-6-17(14)22)19(26)12-28-11-15-7-8-16(21)9-18(15)23/h3-9,13H,10-12H2,1-2H3,(H,24,27). The van der Waals surface area contributed by atoms with Crippen molar-refractivity contribution in [2.45, 2.75) is 25.3 Å². The molecule has 1 unspecified atom stereocenters. The van der Waals surface area contributed by atoms with E-state index in [1.54, 1.807) is 32.2 Å². The highest BCUT2D eigenvalue weighted by Crippen LogP contribution is 2.25. The normalized spacial score (nSPS) is 11.8. The Morgan fingerprint density at radius 2 is 1.79 bits per heavy atom. The van der Waals surface area contributed by atoms with E-state index in [4.69, 9.17) is 34.8 Å². The number of amides is 2. The van der Waals surface area contributed by atoms with Gasteiger partial charge in [-0.1, -0.05) is 59.1 Å². The zero-order valence-electron chi connectivity index (χ0n) is 15.5. The lowest BCUT2D eigenvalue weighted by Crippen LogP contribution is -2.47. The number of nitrogens with one attached hydrogen (secondary N) is 1. The summed E-state index contributed by atoms with van der Waals surface area (Å²) in [6.45, 7) is 1.96. The van der Waals surface area contributed by atoms with Gasteiger partial charge in [-0.05, 0) is 36.2 Å². The van der Waals surface area contributed by atoms with Crippen LogP contribution in [0.4, 0.5) is 0 Å². The van der Waals surface area contributed by atoms with Gasteiger partial charge in [-0.2, -0.15) is 0 Å². The summed E-state index contributed by atoms with van der Waals surface area (Å²) in [6.07, 6.45) is 0. The smallest absolute Gasteiger partial charge is 0.242 e. The Kier molecular flexibility index (Phi) is 8.96. The molecule has 28 heavy (non-hydrogen) atoms. The molecular formula is C20H21Cl3N2O2S. The minimum atomic E-state index is -0.617. The molecule has 1 atom stereocenters. The molecule has 2 amide bonds. The highest BCUT2D eigenvalue weighted by molar-refractivity contribution is 7.99. The van der Waals surface area contributed by atoms with Crippen molar-refractivity contribution >= 4 is 58.4 Å². The summed E-state index contributed by atoms with van der Waals surface area (Å²) < 4.78 is 0. The number of hydrogen-bond acceptors (Lipinski definition) is 3. The lowest BCUT2D eigenvalue weighted by Gasteiger charge is -2.28. The van der Waals surface area contributed by atoms with Gasteiger partial charge in [0.25, 0.3) is 0 Å². The van der Waals surface area contributed by atoms with Crippen molar-refractivity contribution in [3.05, 3.63) is 68.7 Å². The maximum atomic E-state index is 12.9. The maximum Gasteiger partial charge on any atom is 0.242 e. The molecule has 0 heterocycles. The molecule has 0 saturated carbocycles. The third-order valence-electron chi connectivity index (χ3n) is 4.21. The van der Waals surface area contributed by atoms with Gasteiger partial charge in [0, 0.05) is 34.4 Å². The number of carbonyl (C=O) groups excluding carboxylic acids is 2. The third kappa shape index (κ3) is 6.31. The molecule has 4 nitrogen and oxygen atoms in total. The van der Waals surface area contributed by atoms with E-state index in [0.717, 1.165) is 11.1 Å². The van der Waals surface area contributed by atoms with Crippen molar-refractivity contribution < 1.29 is 9.59 Å². The van der Waals surface area contributed by atoms with E-state index in [1.807, 2.05) is 24.3 Å². The minimum absolute atomic E-state index is 0.147. The van der Waals surface area contributed by atoms with Crippen molar-refractivity contribution in [3.8, 4) is 0 Å². The number of benzene rings is 2. The summed E-state index contributed by atoms with van der Waals surface area (Å²) in [4.78, 5) is 26.5. The van der Waals surface area contributed by atoms with Crippen molar-refractivity contribution in [2.75, 3.05) is 12.8 Å². The first kappa shape index (κ1) is 22.9. The molecule has 0 fully saturated rings. The van der Waals surface area contributed by atoms with E-state index in [0.29, 0.717) is 20.8 Å². The molecule has 8 heteroatoms. The molecule has 0 aliphatic heterocycles. The number of likely N-dealkylation sites (N-methyl/N-ethyl adjacent to an activating group) is 1. The first-order valence-electron chi connectivity index (χ1n) is 8.59. The Balaban J connectivity index is 2.07. The minimum Gasteiger partial charge on any atom is -0.357 e. The predicted octanol–water partition coefficient (Wildman–Crippen LogP) is 5.04. The summed E-state index contributed by atoms with van der Waals surface area (Å²) in [5.41, 5.74) is 1.69. The molecule has 0 aromatic heterocycles. The fourth-order valence-electron chi connectivity index (χ4n) is 2.57. The van der Waals surface area contributed by atoms with Crippen LogP contribution in [0, 0.1) is 0 Å². The fraction of sp³-hybridized carbons (Fsp3) is 0.300. The lowest BCUT2D eigenvalue weighted by atomic mass is 10.1. The Hall–Kier alpha value is -1.40. The first-order chi connectivity index (χ1) is 13.3. The first-order valence-corrected chi connectivity index (χ1v) is 10.9. The second-order valence-electron chi connectivity index (χ2n) is 6.13. The van der Waals surface area contributed by atoms with E-state index in [-0.39, 0.29) is 24.1 Å². The van der Waals surface area contributed by atoms with Gasteiger partial charge in [-0.3, -0.25) is 9.59 Å². The van der Waals surface area contributed by atoms with Crippen LogP contribution in [0.2, 0.25) is 15.1 Å². The van der Waals surface area contributed by atoms with Gasteiger partial charge in [0.1, 0.15) is 6.04 Å². The quantitative estimate of drug-likeness (QED) is 0.601. The molecule has 0 saturated heterocycles.